The van der Waals surface area contributed by atoms with Crippen molar-refractivity contribution in [1.82, 2.24) is 0 Å². The Bertz CT molecular complexity index is 219. The van der Waals surface area contributed by atoms with Crippen molar-refractivity contribution in [1.29, 1.82) is 0 Å². The van der Waals surface area contributed by atoms with E-state index in [-0.39, 0.29) is 12.1 Å². The topological polar surface area (TPSA) is 26.3 Å². The van der Waals surface area contributed by atoms with Crippen molar-refractivity contribution >= 4 is 5.97 Å². The second-order valence-corrected chi connectivity index (χ2v) is 4.50. The second kappa shape index (κ2) is 4.16. The molecular weight excluding hydrogens is 176 g/mol. The fourth-order valence-electron chi connectivity index (χ4n) is 2.54. The molecule has 1 saturated heterocycles. The summed E-state index contributed by atoms with van der Waals surface area (Å²) < 4.78 is 5.40. The number of ether oxygens (including phenoxy) is 1. The minimum absolute atomic E-state index is 0.160. The Labute approximate surface area is 85.3 Å². The van der Waals surface area contributed by atoms with Crippen molar-refractivity contribution in [2.24, 2.45) is 5.92 Å². The highest BCUT2D eigenvalue weighted by Crippen LogP contribution is 2.33. The summed E-state index contributed by atoms with van der Waals surface area (Å²) in [5.41, 5.74) is 0.673. The standard InChI is InChI=1S/C12H18O2/c1-9-8-10-6-4-2-3-5-7-11(10)14-12(9)13/h10-11H,1-8H2/t10-,11+/m1/s1. The van der Waals surface area contributed by atoms with Gasteiger partial charge in [-0.1, -0.05) is 25.8 Å². The van der Waals surface area contributed by atoms with E-state index in [1.54, 1.807) is 0 Å². The molecule has 0 aromatic rings. The number of fused-ring (bicyclic) bond motifs is 1. The predicted molar refractivity (Wildman–Crippen MR) is 54.8 cm³/mol. The van der Waals surface area contributed by atoms with Crippen molar-refractivity contribution < 1.29 is 9.53 Å². The third kappa shape index (κ3) is 1.99. The molecule has 0 aromatic carbocycles. The summed E-state index contributed by atoms with van der Waals surface area (Å²) in [6.45, 7) is 3.77. The molecular formula is C12H18O2. The van der Waals surface area contributed by atoms with Crippen LogP contribution in [-0.4, -0.2) is 12.1 Å². The molecule has 1 aliphatic carbocycles. The van der Waals surface area contributed by atoms with Crippen molar-refractivity contribution in [3.8, 4) is 0 Å². The first-order valence-electron chi connectivity index (χ1n) is 5.66. The monoisotopic (exact) mass is 194 g/mol. The molecule has 2 heteroatoms. The van der Waals surface area contributed by atoms with Crippen LogP contribution < -0.4 is 0 Å². The molecule has 0 amide bonds. The zero-order valence-electron chi connectivity index (χ0n) is 8.63. The summed E-state index contributed by atoms with van der Waals surface area (Å²) in [7, 11) is 0. The molecule has 2 atom stereocenters. The quantitative estimate of drug-likeness (QED) is 0.438. The molecule has 2 rings (SSSR count). The maximum Gasteiger partial charge on any atom is 0.333 e. The van der Waals surface area contributed by atoms with E-state index in [4.69, 9.17) is 4.74 Å². The normalized spacial score (nSPS) is 34.0. The van der Waals surface area contributed by atoms with Gasteiger partial charge in [0.15, 0.2) is 0 Å². The number of carbonyl (C=O) groups is 1. The van der Waals surface area contributed by atoms with E-state index in [1.165, 1.54) is 32.1 Å². The minimum atomic E-state index is -0.160. The number of carbonyl (C=O) groups excluding carboxylic acids is 1. The molecule has 0 N–H and O–H groups in total. The Morgan fingerprint density at radius 1 is 1.14 bits per heavy atom. The van der Waals surface area contributed by atoms with Crippen molar-refractivity contribution in [2.75, 3.05) is 0 Å². The lowest BCUT2D eigenvalue weighted by Crippen LogP contribution is -2.34. The smallest absolute Gasteiger partial charge is 0.333 e. The molecule has 1 aliphatic heterocycles. The van der Waals surface area contributed by atoms with Gasteiger partial charge in [0, 0.05) is 11.5 Å². The van der Waals surface area contributed by atoms with Gasteiger partial charge in [-0.15, -0.1) is 0 Å². The van der Waals surface area contributed by atoms with Crippen LogP contribution in [0.4, 0.5) is 0 Å². The van der Waals surface area contributed by atoms with Gasteiger partial charge in [0.25, 0.3) is 0 Å². The average molecular weight is 194 g/mol. The van der Waals surface area contributed by atoms with Crippen molar-refractivity contribution in [3.63, 3.8) is 0 Å². The van der Waals surface area contributed by atoms with Crippen LogP contribution >= 0.6 is 0 Å². The lowest BCUT2D eigenvalue weighted by molar-refractivity contribution is -0.152. The molecule has 1 heterocycles. The Morgan fingerprint density at radius 2 is 1.86 bits per heavy atom. The van der Waals surface area contributed by atoms with Crippen molar-refractivity contribution in [2.45, 2.75) is 51.0 Å². The lowest BCUT2D eigenvalue weighted by atomic mass is 9.83. The van der Waals surface area contributed by atoms with Gasteiger partial charge in [-0.05, 0) is 25.7 Å². The maximum absolute atomic E-state index is 11.3. The van der Waals surface area contributed by atoms with E-state index in [0.717, 1.165) is 12.8 Å². The molecule has 0 spiro atoms. The molecule has 0 radical (unpaired) electrons. The largest absolute Gasteiger partial charge is 0.459 e. The van der Waals surface area contributed by atoms with Crippen LogP contribution in [-0.2, 0) is 9.53 Å². The second-order valence-electron chi connectivity index (χ2n) is 4.50. The predicted octanol–water partition coefficient (Wildman–Crippen LogP) is 2.83. The van der Waals surface area contributed by atoms with Crippen LogP contribution in [0, 0.1) is 5.92 Å². The first-order valence-corrected chi connectivity index (χ1v) is 5.66. The zero-order chi connectivity index (χ0) is 9.97. The SMILES string of the molecule is C=C1C[C@H]2CCCCCC[C@@H]2OC1=O. The van der Waals surface area contributed by atoms with Gasteiger partial charge in [-0.2, -0.15) is 0 Å². The van der Waals surface area contributed by atoms with Crippen LogP contribution in [0.1, 0.15) is 44.9 Å². The number of hydrogen-bond acceptors (Lipinski definition) is 2. The van der Waals surface area contributed by atoms with Gasteiger partial charge in [0.1, 0.15) is 6.10 Å². The summed E-state index contributed by atoms with van der Waals surface area (Å²) >= 11 is 0. The first kappa shape index (κ1) is 9.75. The average Bonchev–Trinajstić information content (AvgIpc) is 2.13. The van der Waals surface area contributed by atoms with Gasteiger partial charge in [-0.25, -0.2) is 4.79 Å². The summed E-state index contributed by atoms with van der Waals surface area (Å²) in [5.74, 6) is 0.396. The molecule has 1 saturated carbocycles. The Balaban J connectivity index is 2.02. The highest BCUT2D eigenvalue weighted by Gasteiger charge is 2.32. The number of rotatable bonds is 0. The molecule has 2 aliphatic rings. The van der Waals surface area contributed by atoms with Gasteiger partial charge >= 0.3 is 5.97 Å². The maximum atomic E-state index is 11.3. The summed E-state index contributed by atoms with van der Waals surface area (Å²) in [4.78, 5) is 11.3. The van der Waals surface area contributed by atoms with E-state index >= 15 is 0 Å². The summed E-state index contributed by atoms with van der Waals surface area (Å²) in [6.07, 6.45) is 8.44. The van der Waals surface area contributed by atoms with Gasteiger partial charge in [-0.3, -0.25) is 0 Å². The fraction of sp³-hybridized carbons (Fsp3) is 0.750. The third-order valence-electron chi connectivity index (χ3n) is 3.40. The highest BCUT2D eigenvalue weighted by molar-refractivity contribution is 5.88. The fourth-order valence-corrected chi connectivity index (χ4v) is 2.54. The number of esters is 1. The van der Waals surface area contributed by atoms with Crippen LogP contribution in [0.15, 0.2) is 12.2 Å². The zero-order valence-corrected chi connectivity index (χ0v) is 8.63. The van der Waals surface area contributed by atoms with Gasteiger partial charge in [0.2, 0.25) is 0 Å². The number of hydrogen-bond donors (Lipinski definition) is 0. The van der Waals surface area contributed by atoms with Crippen LogP contribution in [0.3, 0.4) is 0 Å². The summed E-state index contributed by atoms with van der Waals surface area (Å²) in [5, 5.41) is 0. The van der Waals surface area contributed by atoms with E-state index in [2.05, 4.69) is 6.58 Å². The minimum Gasteiger partial charge on any atom is -0.459 e. The van der Waals surface area contributed by atoms with E-state index in [1.807, 2.05) is 0 Å². The van der Waals surface area contributed by atoms with Gasteiger partial charge < -0.3 is 4.74 Å². The highest BCUT2D eigenvalue weighted by atomic mass is 16.5. The van der Waals surface area contributed by atoms with Crippen LogP contribution in [0.5, 0.6) is 0 Å². The van der Waals surface area contributed by atoms with E-state index in [9.17, 15) is 4.79 Å². The molecule has 78 valence electrons. The Hall–Kier alpha value is -0.790. The molecule has 14 heavy (non-hydrogen) atoms. The Morgan fingerprint density at radius 3 is 2.64 bits per heavy atom. The summed E-state index contributed by atoms with van der Waals surface area (Å²) in [6, 6.07) is 0. The van der Waals surface area contributed by atoms with Crippen molar-refractivity contribution in [3.05, 3.63) is 12.2 Å². The Kier molecular flexibility index (Phi) is 2.90. The molecule has 0 aromatic heterocycles. The van der Waals surface area contributed by atoms with Gasteiger partial charge in [0.05, 0.1) is 0 Å². The molecule has 0 bridgehead atoms. The molecule has 2 nitrogen and oxygen atoms in total. The van der Waals surface area contributed by atoms with Crippen LogP contribution in [0.2, 0.25) is 0 Å². The van der Waals surface area contributed by atoms with E-state index < -0.39 is 0 Å². The third-order valence-corrected chi connectivity index (χ3v) is 3.40. The van der Waals surface area contributed by atoms with Crippen LogP contribution in [0.25, 0.3) is 0 Å². The molecule has 0 unspecified atom stereocenters. The first-order chi connectivity index (χ1) is 6.77. The lowest BCUT2D eigenvalue weighted by Gasteiger charge is -2.33. The molecule has 2 fully saturated rings. The van der Waals surface area contributed by atoms with E-state index in [0.29, 0.717) is 11.5 Å².